The van der Waals surface area contributed by atoms with Crippen LogP contribution in [0.15, 0.2) is 29.1 Å². The molecule has 0 fully saturated rings. The van der Waals surface area contributed by atoms with E-state index in [-0.39, 0.29) is 5.56 Å². The summed E-state index contributed by atoms with van der Waals surface area (Å²) in [6, 6.07) is 7.93. The van der Waals surface area contributed by atoms with Crippen LogP contribution in [0.4, 0.5) is 5.69 Å². The molecule has 2 rings (SSSR count). The number of hydrogen-bond donors (Lipinski definition) is 1. The predicted molar refractivity (Wildman–Crippen MR) is 88.0 cm³/mol. The van der Waals surface area contributed by atoms with Gasteiger partial charge in [0.2, 0.25) is 0 Å². The van der Waals surface area contributed by atoms with Crippen molar-refractivity contribution in [1.29, 1.82) is 0 Å². The van der Waals surface area contributed by atoms with Crippen molar-refractivity contribution in [3.8, 4) is 5.69 Å². The maximum Gasteiger partial charge on any atom is 0.294 e. The topological polar surface area (TPSA) is 52.9 Å². The summed E-state index contributed by atoms with van der Waals surface area (Å²) in [7, 11) is 0. The molecular formula is C17H25N3O. The highest BCUT2D eigenvalue weighted by atomic mass is 16.1. The molecule has 4 nitrogen and oxygen atoms in total. The Morgan fingerprint density at radius 1 is 1.24 bits per heavy atom. The minimum atomic E-state index is -0.103. The van der Waals surface area contributed by atoms with Crippen LogP contribution >= 0.6 is 0 Å². The lowest BCUT2D eigenvalue weighted by Crippen LogP contribution is -2.23. The van der Waals surface area contributed by atoms with Crippen LogP contribution in [-0.4, -0.2) is 9.36 Å². The molecule has 1 aromatic heterocycles. The number of benzene rings is 1. The van der Waals surface area contributed by atoms with Crippen LogP contribution in [0.1, 0.15) is 38.4 Å². The SMILES string of the molecule is CCCn1c(CC(C)C)c(N)c(=O)n1-c1ccccc1C. The first-order chi connectivity index (χ1) is 9.97. The van der Waals surface area contributed by atoms with Crippen LogP contribution in [0.2, 0.25) is 0 Å². The van der Waals surface area contributed by atoms with Gasteiger partial charge in [0.25, 0.3) is 5.56 Å². The molecule has 0 aliphatic heterocycles. The first-order valence-electron chi connectivity index (χ1n) is 7.63. The molecule has 0 aliphatic rings. The molecule has 2 N–H and O–H groups in total. The summed E-state index contributed by atoms with van der Waals surface area (Å²) >= 11 is 0. The van der Waals surface area contributed by atoms with E-state index in [4.69, 9.17) is 5.73 Å². The Bertz CT molecular complexity index is 680. The number of hydrogen-bond acceptors (Lipinski definition) is 2. The molecule has 1 heterocycles. The maximum atomic E-state index is 12.6. The Kier molecular flexibility index (Phi) is 4.56. The molecule has 0 aliphatic carbocycles. The minimum absolute atomic E-state index is 0.103. The van der Waals surface area contributed by atoms with Crippen molar-refractivity contribution in [3.05, 3.63) is 45.9 Å². The van der Waals surface area contributed by atoms with Crippen LogP contribution in [0.25, 0.3) is 5.69 Å². The van der Waals surface area contributed by atoms with Gasteiger partial charge in [-0.3, -0.25) is 9.48 Å². The van der Waals surface area contributed by atoms with E-state index >= 15 is 0 Å². The van der Waals surface area contributed by atoms with Gasteiger partial charge in [-0.1, -0.05) is 39.0 Å². The average molecular weight is 287 g/mol. The summed E-state index contributed by atoms with van der Waals surface area (Å²) in [5.74, 6) is 0.461. The second kappa shape index (κ2) is 6.20. The Balaban J connectivity index is 2.71. The molecule has 0 spiro atoms. The third-order valence-corrected chi connectivity index (χ3v) is 3.67. The molecule has 2 aromatic rings. The molecule has 0 unspecified atom stereocenters. The second-order valence-electron chi connectivity index (χ2n) is 5.98. The summed E-state index contributed by atoms with van der Waals surface area (Å²) in [6.45, 7) is 9.21. The lowest BCUT2D eigenvalue weighted by molar-refractivity contribution is 0.493. The largest absolute Gasteiger partial charge is 0.393 e. The van der Waals surface area contributed by atoms with Gasteiger partial charge in [-0.15, -0.1) is 0 Å². The number of aromatic nitrogens is 2. The summed E-state index contributed by atoms with van der Waals surface area (Å²) in [5.41, 5.74) is 9.35. The summed E-state index contributed by atoms with van der Waals surface area (Å²) < 4.78 is 3.80. The van der Waals surface area contributed by atoms with Crippen molar-refractivity contribution >= 4 is 5.69 Å². The highest BCUT2D eigenvalue weighted by Gasteiger charge is 2.19. The zero-order valence-electron chi connectivity index (χ0n) is 13.4. The molecular weight excluding hydrogens is 262 g/mol. The minimum Gasteiger partial charge on any atom is -0.393 e. The number of nitrogen functional groups attached to an aromatic ring is 1. The third-order valence-electron chi connectivity index (χ3n) is 3.67. The van der Waals surface area contributed by atoms with Gasteiger partial charge >= 0.3 is 0 Å². The van der Waals surface area contributed by atoms with Crippen molar-refractivity contribution in [3.63, 3.8) is 0 Å². The highest BCUT2D eigenvalue weighted by Crippen LogP contribution is 2.19. The maximum absolute atomic E-state index is 12.6. The van der Waals surface area contributed by atoms with Crippen LogP contribution in [0.3, 0.4) is 0 Å². The van der Waals surface area contributed by atoms with Gasteiger partial charge in [-0.2, -0.15) is 0 Å². The quantitative estimate of drug-likeness (QED) is 0.918. The van der Waals surface area contributed by atoms with Crippen molar-refractivity contribution in [2.75, 3.05) is 5.73 Å². The normalized spacial score (nSPS) is 11.3. The van der Waals surface area contributed by atoms with Gasteiger partial charge in [0.05, 0.1) is 11.4 Å². The Labute approximate surface area is 126 Å². The molecule has 114 valence electrons. The smallest absolute Gasteiger partial charge is 0.294 e. The monoisotopic (exact) mass is 287 g/mol. The molecule has 0 saturated carbocycles. The molecule has 1 aromatic carbocycles. The number of aryl methyl sites for hydroxylation is 1. The first-order valence-corrected chi connectivity index (χ1v) is 7.63. The van der Waals surface area contributed by atoms with Crippen molar-refractivity contribution < 1.29 is 0 Å². The van der Waals surface area contributed by atoms with Gasteiger partial charge < -0.3 is 5.73 Å². The summed E-state index contributed by atoms with van der Waals surface area (Å²) in [5, 5.41) is 0. The lowest BCUT2D eigenvalue weighted by atomic mass is 10.1. The van der Waals surface area contributed by atoms with E-state index in [0.29, 0.717) is 11.6 Å². The van der Waals surface area contributed by atoms with E-state index in [1.807, 2.05) is 31.2 Å². The first kappa shape index (κ1) is 15.4. The number of nitrogens with zero attached hydrogens (tertiary/aromatic N) is 2. The number of para-hydroxylation sites is 1. The average Bonchev–Trinajstić information content (AvgIpc) is 2.65. The molecule has 0 atom stereocenters. The predicted octanol–water partition coefficient (Wildman–Crippen LogP) is 3.14. The standard InChI is InChI=1S/C17H25N3O/c1-5-10-19-15(11-12(2)3)16(18)17(21)20(19)14-9-7-6-8-13(14)4/h6-9,12H,5,10-11,18H2,1-4H3. The summed E-state index contributed by atoms with van der Waals surface area (Å²) in [6.07, 6.45) is 1.78. The molecule has 4 heteroatoms. The fourth-order valence-electron chi connectivity index (χ4n) is 2.70. The fourth-order valence-corrected chi connectivity index (χ4v) is 2.70. The number of anilines is 1. The van der Waals surface area contributed by atoms with Gasteiger partial charge in [0, 0.05) is 6.54 Å². The van der Waals surface area contributed by atoms with E-state index in [1.165, 1.54) is 0 Å². The van der Waals surface area contributed by atoms with E-state index in [2.05, 4.69) is 25.5 Å². The van der Waals surface area contributed by atoms with Gasteiger partial charge in [0.1, 0.15) is 5.69 Å². The third kappa shape index (κ3) is 2.89. The molecule has 0 amide bonds. The van der Waals surface area contributed by atoms with E-state index in [1.54, 1.807) is 4.68 Å². The Morgan fingerprint density at radius 2 is 1.90 bits per heavy atom. The lowest BCUT2D eigenvalue weighted by Gasteiger charge is -2.16. The zero-order chi connectivity index (χ0) is 15.6. The fraction of sp³-hybridized carbons (Fsp3) is 0.471. The van der Waals surface area contributed by atoms with E-state index in [9.17, 15) is 4.79 Å². The van der Waals surface area contributed by atoms with Crippen LogP contribution in [0.5, 0.6) is 0 Å². The van der Waals surface area contributed by atoms with Crippen LogP contribution in [0, 0.1) is 12.8 Å². The van der Waals surface area contributed by atoms with Crippen molar-refractivity contribution in [2.24, 2.45) is 5.92 Å². The molecule has 0 radical (unpaired) electrons. The van der Waals surface area contributed by atoms with Gasteiger partial charge in [0.15, 0.2) is 0 Å². The molecule has 0 bridgehead atoms. The van der Waals surface area contributed by atoms with Gasteiger partial charge in [-0.05, 0) is 37.3 Å². The molecule has 21 heavy (non-hydrogen) atoms. The Morgan fingerprint density at radius 3 is 2.48 bits per heavy atom. The van der Waals surface area contributed by atoms with E-state index < -0.39 is 0 Å². The van der Waals surface area contributed by atoms with Crippen LogP contribution < -0.4 is 11.3 Å². The second-order valence-corrected chi connectivity index (χ2v) is 5.98. The Hall–Kier alpha value is -1.97. The van der Waals surface area contributed by atoms with Crippen molar-refractivity contribution in [1.82, 2.24) is 9.36 Å². The van der Waals surface area contributed by atoms with Gasteiger partial charge in [-0.25, -0.2) is 4.68 Å². The zero-order valence-corrected chi connectivity index (χ0v) is 13.4. The number of nitrogens with two attached hydrogens (primary N) is 1. The number of rotatable bonds is 5. The van der Waals surface area contributed by atoms with Crippen LogP contribution in [-0.2, 0) is 13.0 Å². The highest BCUT2D eigenvalue weighted by molar-refractivity contribution is 5.48. The van der Waals surface area contributed by atoms with Crippen molar-refractivity contribution in [2.45, 2.75) is 47.1 Å². The summed E-state index contributed by atoms with van der Waals surface area (Å²) in [4.78, 5) is 12.6. The molecule has 0 saturated heterocycles. The van der Waals surface area contributed by atoms with E-state index in [0.717, 1.165) is 36.3 Å².